The standard InChI is InChI=1S/C18H13ClFNO4/c1-10(22)25-16-9-21(18(23)11-3-5-12(19)6-4-11)17-14(16)7-13(20)8-15(17)24-2/h3-9H,1-2H3. The van der Waals surface area contributed by atoms with Gasteiger partial charge in [0.25, 0.3) is 5.91 Å². The Hall–Kier alpha value is -2.86. The number of hydrogen-bond acceptors (Lipinski definition) is 4. The fourth-order valence-corrected chi connectivity index (χ4v) is 2.67. The number of benzene rings is 2. The monoisotopic (exact) mass is 361 g/mol. The van der Waals surface area contributed by atoms with Crippen LogP contribution < -0.4 is 9.47 Å². The molecule has 1 heterocycles. The Kier molecular flexibility index (Phi) is 4.46. The zero-order chi connectivity index (χ0) is 18.1. The van der Waals surface area contributed by atoms with E-state index in [2.05, 4.69) is 0 Å². The Morgan fingerprint density at radius 3 is 2.40 bits per heavy atom. The Morgan fingerprint density at radius 1 is 1.12 bits per heavy atom. The lowest BCUT2D eigenvalue weighted by atomic mass is 10.2. The maximum absolute atomic E-state index is 13.8. The number of carbonyl (C=O) groups is 2. The fraction of sp³-hybridized carbons (Fsp3) is 0.111. The van der Waals surface area contributed by atoms with Crippen molar-refractivity contribution in [3.8, 4) is 11.5 Å². The van der Waals surface area contributed by atoms with E-state index < -0.39 is 17.7 Å². The van der Waals surface area contributed by atoms with E-state index in [9.17, 15) is 14.0 Å². The minimum absolute atomic E-state index is 0.0719. The summed E-state index contributed by atoms with van der Waals surface area (Å²) in [5, 5.41) is 0.753. The zero-order valence-corrected chi connectivity index (χ0v) is 14.1. The van der Waals surface area contributed by atoms with Crippen molar-refractivity contribution in [1.29, 1.82) is 0 Å². The highest BCUT2D eigenvalue weighted by Gasteiger charge is 2.21. The molecule has 0 radical (unpaired) electrons. The molecule has 0 saturated carbocycles. The van der Waals surface area contributed by atoms with E-state index in [0.717, 1.165) is 6.07 Å². The van der Waals surface area contributed by atoms with Gasteiger partial charge < -0.3 is 9.47 Å². The van der Waals surface area contributed by atoms with Gasteiger partial charge in [0.1, 0.15) is 17.1 Å². The number of nitrogens with zero attached hydrogens (tertiary/aromatic N) is 1. The van der Waals surface area contributed by atoms with Gasteiger partial charge in [0.05, 0.1) is 13.3 Å². The Morgan fingerprint density at radius 2 is 1.80 bits per heavy atom. The average molecular weight is 362 g/mol. The second kappa shape index (κ2) is 6.57. The summed E-state index contributed by atoms with van der Waals surface area (Å²) >= 11 is 5.85. The first-order chi connectivity index (χ1) is 11.9. The molecular weight excluding hydrogens is 349 g/mol. The Balaban J connectivity index is 2.24. The SMILES string of the molecule is COc1cc(F)cc2c(OC(C)=O)cn(C(=O)c3ccc(Cl)cc3)c12. The summed E-state index contributed by atoms with van der Waals surface area (Å²) in [6.07, 6.45) is 1.34. The van der Waals surface area contributed by atoms with Crippen molar-refractivity contribution >= 4 is 34.4 Å². The van der Waals surface area contributed by atoms with Crippen LogP contribution in [0, 0.1) is 5.82 Å². The number of hydrogen-bond donors (Lipinski definition) is 0. The predicted molar refractivity (Wildman–Crippen MR) is 90.9 cm³/mol. The number of methoxy groups -OCH3 is 1. The van der Waals surface area contributed by atoms with Gasteiger partial charge in [-0.3, -0.25) is 14.2 Å². The van der Waals surface area contributed by atoms with E-state index >= 15 is 0 Å². The second-order valence-electron chi connectivity index (χ2n) is 5.27. The molecule has 0 N–H and O–H groups in total. The highest BCUT2D eigenvalue weighted by molar-refractivity contribution is 6.30. The first-order valence-corrected chi connectivity index (χ1v) is 7.65. The number of ether oxygens (including phenoxy) is 2. The van der Waals surface area contributed by atoms with Crippen LogP contribution in [0.5, 0.6) is 11.5 Å². The van der Waals surface area contributed by atoms with Crippen LogP contribution in [0.2, 0.25) is 5.02 Å². The second-order valence-corrected chi connectivity index (χ2v) is 5.71. The first-order valence-electron chi connectivity index (χ1n) is 7.28. The molecule has 0 fully saturated rings. The third kappa shape index (κ3) is 3.21. The van der Waals surface area contributed by atoms with Gasteiger partial charge in [-0.25, -0.2) is 4.39 Å². The summed E-state index contributed by atoms with van der Waals surface area (Å²) in [6.45, 7) is 1.22. The van der Waals surface area contributed by atoms with Gasteiger partial charge >= 0.3 is 5.97 Å². The van der Waals surface area contributed by atoms with Crippen LogP contribution in [0.1, 0.15) is 17.3 Å². The van der Waals surface area contributed by atoms with Crippen molar-refractivity contribution < 1.29 is 23.5 Å². The summed E-state index contributed by atoms with van der Waals surface area (Å²) < 4.78 is 25.4. The third-order valence-corrected chi connectivity index (χ3v) is 3.83. The van der Waals surface area contributed by atoms with Gasteiger partial charge in [0, 0.05) is 29.0 Å². The molecule has 0 aliphatic carbocycles. The van der Waals surface area contributed by atoms with Gasteiger partial charge in [-0.15, -0.1) is 0 Å². The molecule has 128 valence electrons. The molecule has 0 spiro atoms. The molecule has 0 aliphatic rings. The lowest BCUT2D eigenvalue weighted by Gasteiger charge is -2.08. The molecule has 0 aliphatic heterocycles. The van der Waals surface area contributed by atoms with Crippen LogP contribution in [0.15, 0.2) is 42.6 Å². The molecule has 2 aromatic carbocycles. The summed E-state index contributed by atoms with van der Waals surface area (Å²) in [5.74, 6) is -1.33. The molecule has 5 nitrogen and oxygen atoms in total. The van der Waals surface area contributed by atoms with E-state index in [1.807, 2.05) is 0 Å². The number of fused-ring (bicyclic) bond motifs is 1. The van der Waals surface area contributed by atoms with Gasteiger partial charge in [-0.2, -0.15) is 0 Å². The van der Waals surface area contributed by atoms with Crippen LogP contribution in [0.4, 0.5) is 4.39 Å². The van der Waals surface area contributed by atoms with Gasteiger partial charge in [-0.05, 0) is 30.3 Å². The van der Waals surface area contributed by atoms with E-state index in [1.165, 1.54) is 30.9 Å². The molecule has 0 bridgehead atoms. The summed E-state index contributed by atoms with van der Waals surface area (Å²) in [6, 6.07) is 8.65. The smallest absolute Gasteiger partial charge is 0.308 e. The third-order valence-electron chi connectivity index (χ3n) is 3.58. The van der Waals surface area contributed by atoms with Crippen LogP contribution in [0.3, 0.4) is 0 Å². The number of esters is 1. The van der Waals surface area contributed by atoms with Gasteiger partial charge in [-0.1, -0.05) is 11.6 Å². The van der Waals surface area contributed by atoms with Crippen LogP contribution in [0.25, 0.3) is 10.9 Å². The normalized spacial score (nSPS) is 10.7. The highest BCUT2D eigenvalue weighted by atomic mass is 35.5. The highest BCUT2D eigenvalue weighted by Crippen LogP contribution is 2.36. The lowest BCUT2D eigenvalue weighted by Crippen LogP contribution is -2.11. The molecule has 0 amide bonds. The molecule has 3 rings (SSSR count). The molecule has 7 heteroatoms. The maximum Gasteiger partial charge on any atom is 0.308 e. The number of aromatic nitrogens is 1. The Labute approximate surface area is 147 Å². The van der Waals surface area contributed by atoms with Crippen molar-refractivity contribution in [3.63, 3.8) is 0 Å². The molecule has 3 aromatic rings. The van der Waals surface area contributed by atoms with Crippen LogP contribution in [-0.4, -0.2) is 23.6 Å². The van der Waals surface area contributed by atoms with E-state index in [0.29, 0.717) is 16.1 Å². The molecule has 0 unspecified atom stereocenters. The van der Waals surface area contributed by atoms with Crippen LogP contribution >= 0.6 is 11.6 Å². The Bertz CT molecular complexity index is 979. The molecule has 0 saturated heterocycles. The summed E-state index contributed by atoms with van der Waals surface area (Å²) in [7, 11) is 1.36. The number of halogens is 2. The number of carbonyl (C=O) groups excluding carboxylic acids is 2. The molecular formula is C18H13ClFNO4. The predicted octanol–water partition coefficient (Wildman–Crippen LogP) is 4.06. The quantitative estimate of drug-likeness (QED) is 0.660. The van der Waals surface area contributed by atoms with Crippen molar-refractivity contribution in [2.45, 2.75) is 6.92 Å². The van der Waals surface area contributed by atoms with Gasteiger partial charge in [0.15, 0.2) is 5.75 Å². The first kappa shape index (κ1) is 17.0. The topological polar surface area (TPSA) is 57.5 Å². The van der Waals surface area contributed by atoms with Gasteiger partial charge in [0.2, 0.25) is 0 Å². The minimum Gasteiger partial charge on any atom is -0.494 e. The van der Waals surface area contributed by atoms with Crippen molar-refractivity contribution in [1.82, 2.24) is 4.57 Å². The van der Waals surface area contributed by atoms with E-state index in [-0.39, 0.29) is 16.9 Å². The number of rotatable bonds is 3. The average Bonchev–Trinajstić information content (AvgIpc) is 2.92. The van der Waals surface area contributed by atoms with Crippen LogP contribution in [-0.2, 0) is 4.79 Å². The van der Waals surface area contributed by atoms with E-state index in [1.54, 1.807) is 24.3 Å². The maximum atomic E-state index is 13.8. The largest absolute Gasteiger partial charge is 0.494 e. The summed E-state index contributed by atoms with van der Waals surface area (Å²) in [4.78, 5) is 24.2. The van der Waals surface area contributed by atoms with Crippen molar-refractivity contribution in [2.75, 3.05) is 7.11 Å². The molecule has 0 atom stereocenters. The fourth-order valence-electron chi connectivity index (χ4n) is 2.55. The summed E-state index contributed by atoms with van der Waals surface area (Å²) in [5.41, 5.74) is 0.669. The molecule has 25 heavy (non-hydrogen) atoms. The minimum atomic E-state index is -0.582. The van der Waals surface area contributed by atoms with Crippen molar-refractivity contribution in [3.05, 3.63) is 59.0 Å². The molecule has 1 aromatic heterocycles. The van der Waals surface area contributed by atoms with Crippen molar-refractivity contribution in [2.24, 2.45) is 0 Å². The lowest BCUT2D eigenvalue weighted by molar-refractivity contribution is -0.131. The zero-order valence-electron chi connectivity index (χ0n) is 13.4. The van der Waals surface area contributed by atoms with E-state index in [4.69, 9.17) is 21.1 Å².